The van der Waals surface area contributed by atoms with Crippen molar-refractivity contribution in [2.75, 3.05) is 32.7 Å². The van der Waals surface area contributed by atoms with Gasteiger partial charge >= 0.3 is 0 Å². The van der Waals surface area contributed by atoms with Gasteiger partial charge in [-0.2, -0.15) is 0 Å². The summed E-state index contributed by atoms with van der Waals surface area (Å²) in [6.07, 6.45) is 0. The van der Waals surface area contributed by atoms with Gasteiger partial charge in [0.15, 0.2) is 0 Å². The second-order valence-corrected chi connectivity index (χ2v) is 6.77. The number of aryl methyl sites for hydroxylation is 1. The van der Waals surface area contributed by atoms with Gasteiger partial charge in [-0.3, -0.25) is 4.79 Å². The topological polar surface area (TPSA) is 23.6 Å². The molecule has 3 nitrogen and oxygen atoms in total. The van der Waals surface area contributed by atoms with E-state index in [9.17, 15) is 4.79 Å². The quantitative estimate of drug-likeness (QED) is 0.865. The van der Waals surface area contributed by atoms with Crippen LogP contribution < -0.4 is 0 Å². The molecule has 1 aliphatic rings. The largest absolute Gasteiger partial charge is 0.335 e. The van der Waals surface area contributed by atoms with E-state index in [4.69, 9.17) is 0 Å². The van der Waals surface area contributed by atoms with Gasteiger partial charge in [0.1, 0.15) is 0 Å². The maximum Gasteiger partial charge on any atom is 0.264 e. The van der Waals surface area contributed by atoms with Crippen LogP contribution in [0.1, 0.15) is 22.2 Å². The average molecular weight is 314 g/mol. The molecule has 22 heavy (non-hydrogen) atoms. The molecule has 1 aromatic heterocycles. The third kappa shape index (κ3) is 3.08. The fourth-order valence-corrected chi connectivity index (χ4v) is 4.03. The van der Waals surface area contributed by atoms with Gasteiger partial charge in [-0.05, 0) is 30.7 Å². The Morgan fingerprint density at radius 1 is 1.14 bits per heavy atom. The third-order valence-corrected chi connectivity index (χ3v) is 5.55. The molecule has 0 atom stereocenters. The molecule has 0 unspecified atom stereocenters. The van der Waals surface area contributed by atoms with E-state index in [1.54, 1.807) is 11.3 Å². The molecule has 0 N–H and O–H groups in total. The van der Waals surface area contributed by atoms with Crippen molar-refractivity contribution < 1.29 is 4.79 Å². The second-order valence-electron chi connectivity index (χ2n) is 5.72. The molecule has 4 heteroatoms. The number of thiophene rings is 1. The molecule has 1 aliphatic heterocycles. The molecule has 2 heterocycles. The van der Waals surface area contributed by atoms with Crippen LogP contribution in [0.15, 0.2) is 36.4 Å². The molecule has 0 aliphatic carbocycles. The fourth-order valence-electron chi connectivity index (χ4n) is 2.89. The second kappa shape index (κ2) is 6.63. The first-order valence-electron chi connectivity index (χ1n) is 7.86. The summed E-state index contributed by atoms with van der Waals surface area (Å²) in [7, 11) is 0. The Bertz CT molecular complexity index is 642. The van der Waals surface area contributed by atoms with Crippen LogP contribution in [0.5, 0.6) is 0 Å². The van der Waals surface area contributed by atoms with Gasteiger partial charge < -0.3 is 9.80 Å². The summed E-state index contributed by atoms with van der Waals surface area (Å²) < 4.78 is 0. The molecule has 1 saturated heterocycles. The number of carbonyl (C=O) groups is 1. The monoisotopic (exact) mass is 314 g/mol. The van der Waals surface area contributed by atoms with Crippen LogP contribution in [-0.2, 0) is 0 Å². The molecule has 1 amide bonds. The molecular formula is C18H22N2OS. The Kier molecular flexibility index (Phi) is 4.60. The summed E-state index contributed by atoms with van der Waals surface area (Å²) in [5.41, 5.74) is 2.38. The summed E-state index contributed by atoms with van der Waals surface area (Å²) in [5.74, 6) is 0.186. The zero-order valence-electron chi connectivity index (χ0n) is 13.2. The van der Waals surface area contributed by atoms with Gasteiger partial charge in [0, 0.05) is 31.1 Å². The molecule has 3 rings (SSSR count). The lowest BCUT2D eigenvalue weighted by Gasteiger charge is -2.33. The molecule has 0 spiro atoms. The van der Waals surface area contributed by atoms with Crippen LogP contribution in [0, 0.1) is 6.92 Å². The molecule has 1 aromatic carbocycles. The molecule has 2 aromatic rings. The Balaban J connectivity index is 1.77. The molecule has 0 bridgehead atoms. The number of hydrogen-bond acceptors (Lipinski definition) is 3. The third-order valence-electron chi connectivity index (χ3n) is 4.27. The number of amides is 1. The van der Waals surface area contributed by atoms with Crippen molar-refractivity contribution in [3.8, 4) is 10.4 Å². The van der Waals surface area contributed by atoms with Crippen molar-refractivity contribution >= 4 is 17.2 Å². The first-order valence-corrected chi connectivity index (χ1v) is 8.68. The van der Waals surface area contributed by atoms with Crippen molar-refractivity contribution in [3.63, 3.8) is 0 Å². The van der Waals surface area contributed by atoms with Crippen molar-refractivity contribution in [2.45, 2.75) is 13.8 Å². The van der Waals surface area contributed by atoms with Crippen molar-refractivity contribution in [2.24, 2.45) is 0 Å². The Morgan fingerprint density at radius 2 is 1.82 bits per heavy atom. The Morgan fingerprint density at radius 3 is 2.45 bits per heavy atom. The van der Waals surface area contributed by atoms with Gasteiger partial charge in [0.25, 0.3) is 5.91 Å². The van der Waals surface area contributed by atoms with E-state index in [0.717, 1.165) is 37.6 Å². The van der Waals surface area contributed by atoms with Crippen molar-refractivity contribution in [1.29, 1.82) is 0 Å². The lowest BCUT2D eigenvalue weighted by molar-refractivity contribution is 0.0648. The van der Waals surface area contributed by atoms with E-state index in [2.05, 4.69) is 30.9 Å². The van der Waals surface area contributed by atoms with E-state index in [-0.39, 0.29) is 5.91 Å². The van der Waals surface area contributed by atoms with Gasteiger partial charge in [-0.15, -0.1) is 11.3 Å². The van der Waals surface area contributed by atoms with Crippen LogP contribution in [0.4, 0.5) is 0 Å². The molecular weight excluding hydrogens is 292 g/mol. The zero-order valence-corrected chi connectivity index (χ0v) is 14.0. The maximum absolute atomic E-state index is 12.7. The first-order chi connectivity index (χ1) is 10.7. The smallest absolute Gasteiger partial charge is 0.264 e. The summed E-state index contributed by atoms with van der Waals surface area (Å²) in [6.45, 7) is 8.97. The van der Waals surface area contributed by atoms with E-state index >= 15 is 0 Å². The van der Waals surface area contributed by atoms with Gasteiger partial charge in [-0.1, -0.05) is 37.3 Å². The summed E-state index contributed by atoms with van der Waals surface area (Å²) >= 11 is 1.62. The Labute approximate surface area is 136 Å². The minimum absolute atomic E-state index is 0.186. The summed E-state index contributed by atoms with van der Waals surface area (Å²) in [4.78, 5) is 19.2. The van der Waals surface area contributed by atoms with E-state index < -0.39 is 0 Å². The fraction of sp³-hybridized carbons (Fsp3) is 0.389. The van der Waals surface area contributed by atoms with Gasteiger partial charge in [0.2, 0.25) is 0 Å². The van der Waals surface area contributed by atoms with Gasteiger partial charge in [0.05, 0.1) is 4.88 Å². The zero-order chi connectivity index (χ0) is 15.5. The number of benzene rings is 1. The Hall–Kier alpha value is -1.65. The van der Waals surface area contributed by atoms with Crippen LogP contribution in [0.2, 0.25) is 0 Å². The first kappa shape index (κ1) is 15.3. The van der Waals surface area contributed by atoms with E-state index in [1.165, 1.54) is 16.0 Å². The lowest BCUT2D eigenvalue weighted by atomic mass is 10.1. The average Bonchev–Trinajstić information content (AvgIpc) is 2.97. The number of piperazine rings is 1. The highest BCUT2D eigenvalue weighted by Gasteiger charge is 2.23. The number of hydrogen-bond donors (Lipinski definition) is 0. The SMILES string of the molecule is CCN1CCN(C(=O)c2cc(C)c(-c3ccccc3)s2)CC1. The van der Waals surface area contributed by atoms with E-state index in [0.29, 0.717) is 0 Å². The minimum Gasteiger partial charge on any atom is -0.335 e. The minimum atomic E-state index is 0.186. The highest BCUT2D eigenvalue weighted by Crippen LogP contribution is 2.32. The van der Waals surface area contributed by atoms with Crippen LogP contribution in [0.25, 0.3) is 10.4 Å². The van der Waals surface area contributed by atoms with E-state index in [1.807, 2.05) is 29.2 Å². The predicted octanol–water partition coefficient (Wildman–Crippen LogP) is 3.50. The highest BCUT2D eigenvalue weighted by atomic mass is 32.1. The van der Waals surface area contributed by atoms with Crippen molar-refractivity contribution in [1.82, 2.24) is 9.80 Å². The number of rotatable bonds is 3. The van der Waals surface area contributed by atoms with Crippen LogP contribution >= 0.6 is 11.3 Å². The number of carbonyl (C=O) groups excluding carboxylic acids is 1. The standard InChI is InChI=1S/C18H22N2OS/c1-3-19-9-11-20(12-10-19)18(21)16-13-14(2)17(22-16)15-7-5-4-6-8-15/h4-8,13H,3,9-12H2,1-2H3. The summed E-state index contributed by atoms with van der Waals surface area (Å²) in [6, 6.07) is 12.4. The van der Waals surface area contributed by atoms with Crippen LogP contribution in [0.3, 0.4) is 0 Å². The molecule has 0 radical (unpaired) electrons. The molecule has 0 saturated carbocycles. The molecule has 1 fully saturated rings. The van der Waals surface area contributed by atoms with Crippen LogP contribution in [-0.4, -0.2) is 48.4 Å². The maximum atomic E-state index is 12.7. The summed E-state index contributed by atoms with van der Waals surface area (Å²) in [5, 5.41) is 0. The number of nitrogens with zero attached hydrogens (tertiary/aromatic N) is 2. The predicted molar refractivity (Wildman–Crippen MR) is 92.5 cm³/mol. The lowest BCUT2D eigenvalue weighted by Crippen LogP contribution is -2.48. The normalized spacial score (nSPS) is 16.0. The van der Waals surface area contributed by atoms with Crippen molar-refractivity contribution in [3.05, 3.63) is 46.8 Å². The highest BCUT2D eigenvalue weighted by molar-refractivity contribution is 7.17. The van der Waals surface area contributed by atoms with Gasteiger partial charge in [-0.25, -0.2) is 0 Å². The molecule has 116 valence electrons. The number of likely N-dealkylation sites (N-methyl/N-ethyl adjacent to an activating group) is 1.